The summed E-state index contributed by atoms with van der Waals surface area (Å²) in [6, 6.07) is 3.49. The first-order valence-corrected chi connectivity index (χ1v) is 7.90. The van der Waals surface area contributed by atoms with Gasteiger partial charge in [-0.2, -0.15) is 0 Å². The van der Waals surface area contributed by atoms with Crippen molar-refractivity contribution in [1.82, 2.24) is 15.1 Å². The first-order valence-electron chi connectivity index (χ1n) is 6.67. The molecule has 1 aromatic heterocycles. The molecule has 0 aromatic carbocycles. The number of hydrogen-bond donors (Lipinski definition) is 1. The molecule has 1 N–H and O–H groups in total. The third-order valence-corrected chi connectivity index (χ3v) is 4.25. The van der Waals surface area contributed by atoms with E-state index in [1.54, 1.807) is 18.2 Å². The maximum absolute atomic E-state index is 12.3. The minimum Gasteiger partial charge on any atom is -0.465 e. The summed E-state index contributed by atoms with van der Waals surface area (Å²) in [5.74, 6) is 0.0856. The second-order valence-electron chi connectivity index (χ2n) is 4.94. The molecule has 0 unspecified atom stereocenters. The number of thioether (sulfide) groups is 1. The van der Waals surface area contributed by atoms with Crippen LogP contribution < -0.4 is 5.32 Å². The topological polar surface area (TPSA) is 65.8 Å². The van der Waals surface area contributed by atoms with E-state index >= 15 is 0 Å². The number of furan rings is 1. The van der Waals surface area contributed by atoms with Crippen LogP contribution in [0.3, 0.4) is 0 Å². The minimum absolute atomic E-state index is 0.0619. The summed E-state index contributed by atoms with van der Waals surface area (Å²) in [6.45, 7) is 1.21. The van der Waals surface area contributed by atoms with Crippen molar-refractivity contribution < 1.29 is 14.0 Å². The third-order valence-electron chi connectivity index (χ3n) is 2.87. The molecule has 1 aromatic rings. The zero-order valence-electron chi connectivity index (χ0n) is 12.4. The van der Waals surface area contributed by atoms with Crippen LogP contribution in [0, 0.1) is 0 Å². The Morgan fingerprint density at radius 1 is 1.55 bits per heavy atom. The first kappa shape index (κ1) is 16.7. The van der Waals surface area contributed by atoms with Gasteiger partial charge in [-0.3, -0.25) is 14.5 Å². The van der Waals surface area contributed by atoms with Gasteiger partial charge in [-0.15, -0.1) is 0 Å². The molecule has 0 aliphatic carbocycles. The fraction of sp³-hybridized carbons (Fsp3) is 0.357. The molecule has 118 valence electrons. The van der Waals surface area contributed by atoms with Gasteiger partial charge in [0.2, 0.25) is 5.91 Å². The molecule has 2 rings (SSSR count). The summed E-state index contributed by atoms with van der Waals surface area (Å²) in [5, 5.41) is 2.76. The number of amides is 2. The second kappa shape index (κ2) is 7.57. The Balaban J connectivity index is 1.93. The van der Waals surface area contributed by atoms with Crippen LogP contribution in [0.4, 0.5) is 0 Å². The van der Waals surface area contributed by atoms with Gasteiger partial charge in [-0.1, -0.05) is 24.0 Å². The summed E-state index contributed by atoms with van der Waals surface area (Å²) in [5.41, 5.74) is 0. The van der Waals surface area contributed by atoms with Gasteiger partial charge in [-0.05, 0) is 26.2 Å². The van der Waals surface area contributed by atoms with E-state index in [4.69, 9.17) is 16.6 Å². The van der Waals surface area contributed by atoms with Crippen LogP contribution in [0.5, 0.6) is 0 Å². The molecule has 0 saturated carbocycles. The van der Waals surface area contributed by atoms with Crippen molar-refractivity contribution in [2.24, 2.45) is 0 Å². The van der Waals surface area contributed by atoms with Crippen LogP contribution in [-0.4, -0.2) is 59.7 Å². The summed E-state index contributed by atoms with van der Waals surface area (Å²) in [6.07, 6.45) is 3.16. The van der Waals surface area contributed by atoms with Crippen LogP contribution in [0.2, 0.25) is 0 Å². The highest BCUT2D eigenvalue weighted by Gasteiger charge is 2.33. The zero-order valence-corrected chi connectivity index (χ0v) is 14.0. The van der Waals surface area contributed by atoms with Crippen molar-refractivity contribution in [2.45, 2.75) is 0 Å². The maximum Gasteiger partial charge on any atom is 0.266 e. The lowest BCUT2D eigenvalue weighted by atomic mass is 10.3. The summed E-state index contributed by atoms with van der Waals surface area (Å²) >= 11 is 6.34. The van der Waals surface area contributed by atoms with Crippen molar-refractivity contribution in [1.29, 1.82) is 0 Å². The quantitative estimate of drug-likeness (QED) is 0.620. The second-order valence-corrected chi connectivity index (χ2v) is 6.61. The average molecular weight is 339 g/mol. The lowest BCUT2D eigenvalue weighted by molar-refractivity contribution is -0.128. The largest absolute Gasteiger partial charge is 0.465 e. The van der Waals surface area contributed by atoms with Crippen molar-refractivity contribution in [3.8, 4) is 0 Å². The van der Waals surface area contributed by atoms with Crippen LogP contribution in [-0.2, 0) is 9.59 Å². The molecule has 0 atom stereocenters. The summed E-state index contributed by atoms with van der Waals surface area (Å²) < 4.78 is 5.56. The molecule has 2 heterocycles. The van der Waals surface area contributed by atoms with Gasteiger partial charge >= 0.3 is 0 Å². The lowest BCUT2D eigenvalue weighted by Crippen LogP contribution is -2.41. The highest BCUT2D eigenvalue weighted by molar-refractivity contribution is 8.26. The Labute approximate surface area is 138 Å². The molecule has 1 aliphatic rings. The van der Waals surface area contributed by atoms with E-state index in [1.165, 1.54) is 22.9 Å². The van der Waals surface area contributed by atoms with E-state index in [9.17, 15) is 9.59 Å². The smallest absolute Gasteiger partial charge is 0.266 e. The number of thiocarbonyl (C=S) groups is 1. The molecule has 0 radical (unpaired) electrons. The molecule has 1 fully saturated rings. The van der Waals surface area contributed by atoms with Gasteiger partial charge < -0.3 is 14.6 Å². The summed E-state index contributed by atoms with van der Waals surface area (Å²) in [7, 11) is 3.85. The molecule has 22 heavy (non-hydrogen) atoms. The van der Waals surface area contributed by atoms with Gasteiger partial charge in [0.25, 0.3) is 5.91 Å². The first-order chi connectivity index (χ1) is 10.5. The highest BCUT2D eigenvalue weighted by Crippen LogP contribution is 2.32. The molecule has 2 amide bonds. The molecule has 0 spiro atoms. The fourth-order valence-electron chi connectivity index (χ4n) is 1.76. The number of hydrogen-bond acceptors (Lipinski definition) is 6. The molecular weight excluding hydrogens is 322 g/mol. The van der Waals surface area contributed by atoms with E-state index in [0.717, 1.165) is 6.54 Å². The normalized spacial score (nSPS) is 16.9. The van der Waals surface area contributed by atoms with Crippen LogP contribution in [0.15, 0.2) is 27.7 Å². The molecular formula is C14H17N3O3S2. The van der Waals surface area contributed by atoms with Gasteiger partial charge in [-0.25, -0.2) is 0 Å². The van der Waals surface area contributed by atoms with E-state index < -0.39 is 0 Å². The Morgan fingerprint density at radius 3 is 2.95 bits per heavy atom. The summed E-state index contributed by atoms with van der Waals surface area (Å²) in [4.78, 5) is 27.9. The van der Waals surface area contributed by atoms with E-state index in [2.05, 4.69) is 5.32 Å². The van der Waals surface area contributed by atoms with Crippen molar-refractivity contribution in [3.63, 3.8) is 0 Å². The number of likely N-dealkylation sites (N-methyl/N-ethyl adjacent to an activating group) is 1. The standard InChI is InChI=1S/C14H17N3O3S2/c1-16(2)6-5-15-12(18)9-17-13(19)11(22-14(17)21)8-10-4-3-7-20-10/h3-4,7-8H,5-6,9H2,1-2H3,(H,15,18)/b11-8-. The SMILES string of the molecule is CN(C)CCNC(=O)CN1C(=O)/C(=C/c2ccco2)SC1=S. The third kappa shape index (κ3) is 4.43. The van der Waals surface area contributed by atoms with Gasteiger partial charge in [0.05, 0.1) is 11.2 Å². The van der Waals surface area contributed by atoms with Crippen LogP contribution in [0.1, 0.15) is 5.76 Å². The van der Waals surface area contributed by atoms with Crippen LogP contribution in [0.25, 0.3) is 6.08 Å². The molecule has 6 nitrogen and oxygen atoms in total. The van der Waals surface area contributed by atoms with Gasteiger partial charge in [0.1, 0.15) is 16.6 Å². The number of nitrogens with one attached hydrogen (secondary N) is 1. The molecule has 0 bridgehead atoms. The fourth-order valence-corrected chi connectivity index (χ4v) is 2.99. The Morgan fingerprint density at radius 2 is 2.32 bits per heavy atom. The number of carbonyl (C=O) groups is 2. The predicted molar refractivity (Wildman–Crippen MR) is 90.2 cm³/mol. The highest BCUT2D eigenvalue weighted by atomic mass is 32.2. The van der Waals surface area contributed by atoms with Gasteiger partial charge in [0.15, 0.2) is 0 Å². The maximum atomic E-state index is 12.3. The monoisotopic (exact) mass is 339 g/mol. The van der Waals surface area contributed by atoms with E-state index in [0.29, 0.717) is 21.5 Å². The van der Waals surface area contributed by atoms with Gasteiger partial charge in [0, 0.05) is 19.2 Å². The molecule has 1 aliphatic heterocycles. The predicted octanol–water partition coefficient (Wildman–Crippen LogP) is 1.16. The number of nitrogens with zero attached hydrogens (tertiary/aromatic N) is 2. The lowest BCUT2D eigenvalue weighted by Gasteiger charge is -2.15. The Hall–Kier alpha value is -1.64. The average Bonchev–Trinajstić information content (AvgIpc) is 3.03. The zero-order chi connectivity index (χ0) is 16.1. The van der Waals surface area contributed by atoms with Crippen molar-refractivity contribution >= 4 is 46.2 Å². The Bertz CT molecular complexity index is 596. The minimum atomic E-state index is -0.269. The number of carbonyl (C=O) groups excluding carboxylic acids is 2. The van der Waals surface area contributed by atoms with Crippen molar-refractivity contribution in [2.75, 3.05) is 33.7 Å². The molecule has 1 saturated heterocycles. The Kier molecular flexibility index (Phi) is 5.76. The van der Waals surface area contributed by atoms with Crippen LogP contribution >= 0.6 is 24.0 Å². The number of rotatable bonds is 6. The van der Waals surface area contributed by atoms with Crippen molar-refractivity contribution in [3.05, 3.63) is 29.1 Å². The van der Waals surface area contributed by atoms with E-state index in [-0.39, 0.29) is 18.4 Å². The molecule has 8 heteroatoms. The van der Waals surface area contributed by atoms with E-state index in [1.807, 2.05) is 19.0 Å².